The van der Waals surface area contributed by atoms with E-state index in [1.165, 1.54) is 13.0 Å². The molecule has 0 atom stereocenters. The Morgan fingerprint density at radius 1 is 1.33 bits per heavy atom. The van der Waals surface area contributed by atoms with Gasteiger partial charge in [-0.15, -0.1) is 0 Å². The van der Waals surface area contributed by atoms with Gasteiger partial charge in [-0.3, -0.25) is 4.79 Å². The van der Waals surface area contributed by atoms with Crippen molar-refractivity contribution >= 4 is 40.2 Å². The largest absolute Gasteiger partial charge is 0.478 e. The zero-order chi connectivity index (χ0) is 13.3. The number of aromatic carboxylic acids is 1. The van der Waals surface area contributed by atoms with Crippen LogP contribution >= 0.6 is 11.6 Å². The molecule has 18 heavy (non-hydrogen) atoms. The Kier molecular flexibility index (Phi) is 3.16. The minimum absolute atomic E-state index is 0.0698. The maximum atomic E-state index is 11.2. The lowest BCUT2D eigenvalue weighted by atomic mass is 10.1. The molecule has 0 aliphatic rings. The topological polar surface area (TPSA) is 79.3 Å². The minimum Gasteiger partial charge on any atom is -0.478 e. The minimum atomic E-state index is -1.09. The number of fused-ring (bicyclic) bond motifs is 1. The van der Waals surface area contributed by atoms with E-state index in [4.69, 9.17) is 16.7 Å². The number of benzene rings is 1. The van der Waals surface area contributed by atoms with Crippen molar-refractivity contribution < 1.29 is 14.7 Å². The highest BCUT2D eigenvalue weighted by atomic mass is 35.5. The molecule has 0 saturated heterocycles. The number of carboxylic acid groups (broad SMARTS) is 1. The first-order valence-electron chi connectivity index (χ1n) is 5.08. The van der Waals surface area contributed by atoms with Crippen LogP contribution in [0.3, 0.4) is 0 Å². The smallest absolute Gasteiger partial charge is 0.336 e. The summed E-state index contributed by atoms with van der Waals surface area (Å²) in [6, 6.07) is 6.05. The van der Waals surface area contributed by atoms with Crippen LogP contribution in [-0.4, -0.2) is 22.0 Å². The third kappa shape index (κ3) is 2.41. The first kappa shape index (κ1) is 12.3. The number of anilines is 1. The summed E-state index contributed by atoms with van der Waals surface area (Å²) in [6.07, 6.45) is 0. The van der Waals surface area contributed by atoms with Crippen molar-refractivity contribution in [2.45, 2.75) is 6.92 Å². The van der Waals surface area contributed by atoms with Gasteiger partial charge in [-0.1, -0.05) is 17.7 Å². The summed E-state index contributed by atoms with van der Waals surface area (Å²) in [5.41, 5.74) is 0.492. The first-order chi connectivity index (χ1) is 8.47. The van der Waals surface area contributed by atoms with Crippen LogP contribution in [0.5, 0.6) is 0 Å². The van der Waals surface area contributed by atoms with E-state index in [0.29, 0.717) is 15.9 Å². The van der Waals surface area contributed by atoms with Gasteiger partial charge >= 0.3 is 5.97 Å². The molecule has 6 heteroatoms. The van der Waals surface area contributed by atoms with Crippen LogP contribution < -0.4 is 5.32 Å². The Bertz CT molecular complexity index is 655. The van der Waals surface area contributed by atoms with Crippen LogP contribution in [0.25, 0.3) is 10.9 Å². The molecule has 2 aromatic rings. The summed E-state index contributed by atoms with van der Waals surface area (Å²) in [7, 11) is 0. The number of amides is 1. The fourth-order valence-corrected chi connectivity index (χ4v) is 1.79. The molecule has 1 aromatic carbocycles. The quantitative estimate of drug-likeness (QED) is 0.874. The van der Waals surface area contributed by atoms with Gasteiger partial charge in [0.15, 0.2) is 0 Å². The molecule has 0 spiro atoms. The summed E-state index contributed by atoms with van der Waals surface area (Å²) >= 11 is 5.83. The number of rotatable bonds is 2. The van der Waals surface area contributed by atoms with Crippen LogP contribution in [0.1, 0.15) is 17.3 Å². The predicted octanol–water partition coefficient (Wildman–Crippen LogP) is 2.54. The number of carbonyl (C=O) groups excluding carboxylic acids is 1. The number of nitrogens with zero attached hydrogens (tertiary/aromatic N) is 1. The third-order valence-electron chi connectivity index (χ3n) is 2.31. The summed E-state index contributed by atoms with van der Waals surface area (Å²) in [5.74, 6) is -1.22. The molecule has 0 aliphatic carbocycles. The van der Waals surface area contributed by atoms with Gasteiger partial charge in [-0.05, 0) is 18.2 Å². The molecule has 0 unspecified atom stereocenters. The standard InChI is InChI=1S/C12H9ClN2O3/c1-6(16)14-11-5-9(12(17)18)8-3-2-7(13)4-10(8)15-11/h2-5H,1H3,(H,17,18)(H,14,15,16). The van der Waals surface area contributed by atoms with Crippen LogP contribution in [0, 0.1) is 0 Å². The second kappa shape index (κ2) is 4.62. The molecular formula is C12H9ClN2O3. The molecule has 1 aromatic heterocycles. The van der Waals surface area contributed by atoms with Crippen molar-refractivity contribution in [1.29, 1.82) is 0 Å². The normalized spacial score (nSPS) is 10.3. The monoisotopic (exact) mass is 264 g/mol. The lowest BCUT2D eigenvalue weighted by molar-refractivity contribution is -0.114. The van der Waals surface area contributed by atoms with Gasteiger partial charge in [-0.25, -0.2) is 9.78 Å². The van der Waals surface area contributed by atoms with Crippen molar-refractivity contribution in [2.75, 3.05) is 5.32 Å². The van der Waals surface area contributed by atoms with Gasteiger partial charge in [0.25, 0.3) is 0 Å². The Hall–Kier alpha value is -2.14. The summed E-state index contributed by atoms with van der Waals surface area (Å²) in [6.45, 7) is 1.32. The zero-order valence-electron chi connectivity index (χ0n) is 9.40. The number of hydrogen-bond acceptors (Lipinski definition) is 3. The number of pyridine rings is 1. The molecule has 0 bridgehead atoms. The van der Waals surface area contributed by atoms with E-state index in [1.54, 1.807) is 18.2 Å². The van der Waals surface area contributed by atoms with E-state index in [-0.39, 0.29) is 17.3 Å². The number of nitrogens with one attached hydrogen (secondary N) is 1. The number of carbonyl (C=O) groups is 2. The van der Waals surface area contributed by atoms with Gasteiger partial charge < -0.3 is 10.4 Å². The Morgan fingerprint density at radius 2 is 2.06 bits per heavy atom. The average molecular weight is 265 g/mol. The van der Waals surface area contributed by atoms with E-state index in [9.17, 15) is 9.59 Å². The summed E-state index contributed by atoms with van der Waals surface area (Å²) < 4.78 is 0. The van der Waals surface area contributed by atoms with Crippen molar-refractivity contribution in [3.63, 3.8) is 0 Å². The Labute approximate surface area is 107 Å². The number of halogens is 1. The second-order valence-corrected chi connectivity index (χ2v) is 4.14. The van der Waals surface area contributed by atoms with Crippen molar-refractivity contribution in [2.24, 2.45) is 0 Å². The summed E-state index contributed by atoms with van der Waals surface area (Å²) in [5, 5.41) is 12.5. The molecule has 0 saturated carbocycles. The van der Waals surface area contributed by atoms with Gasteiger partial charge in [0, 0.05) is 17.3 Å². The third-order valence-corrected chi connectivity index (χ3v) is 2.54. The molecule has 1 heterocycles. The molecule has 2 N–H and O–H groups in total. The van der Waals surface area contributed by atoms with E-state index in [0.717, 1.165) is 0 Å². The van der Waals surface area contributed by atoms with E-state index in [2.05, 4.69) is 10.3 Å². The van der Waals surface area contributed by atoms with Crippen molar-refractivity contribution in [3.8, 4) is 0 Å². The zero-order valence-corrected chi connectivity index (χ0v) is 10.2. The van der Waals surface area contributed by atoms with Crippen molar-refractivity contribution in [3.05, 3.63) is 34.9 Å². The fourth-order valence-electron chi connectivity index (χ4n) is 1.62. The van der Waals surface area contributed by atoms with Gasteiger partial charge in [0.1, 0.15) is 5.82 Å². The molecule has 92 valence electrons. The van der Waals surface area contributed by atoms with Gasteiger partial charge in [-0.2, -0.15) is 0 Å². The highest BCUT2D eigenvalue weighted by Gasteiger charge is 2.12. The Morgan fingerprint density at radius 3 is 2.67 bits per heavy atom. The lowest BCUT2D eigenvalue weighted by Gasteiger charge is -2.07. The van der Waals surface area contributed by atoms with Crippen LogP contribution in [0.2, 0.25) is 5.02 Å². The maximum Gasteiger partial charge on any atom is 0.336 e. The molecular weight excluding hydrogens is 256 g/mol. The van der Waals surface area contributed by atoms with E-state index in [1.807, 2.05) is 0 Å². The number of hydrogen-bond donors (Lipinski definition) is 2. The van der Waals surface area contributed by atoms with Crippen LogP contribution in [0.15, 0.2) is 24.3 Å². The molecule has 0 fully saturated rings. The number of aromatic nitrogens is 1. The second-order valence-electron chi connectivity index (χ2n) is 3.70. The summed E-state index contributed by atoms with van der Waals surface area (Å²) in [4.78, 5) is 26.3. The lowest BCUT2D eigenvalue weighted by Crippen LogP contribution is -2.09. The van der Waals surface area contributed by atoms with E-state index < -0.39 is 5.97 Å². The van der Waals surface area contributed by atoms with Gasteiger partial charge in [0.05, 0.1) is 11.1 Å². The molecule has 2 rings (SSSR count). The Balaban J connectivity index is 2.70. The number of carboxylic acids is 1. The highest BCUT2D eigenvalue weighted by molar-refractivity contribution is 6.31. The van der Waals surface area contributed by atoms with E-state index >= 15 is 0 Å². The predicted molar refractivity (Wildman–Crippen MR) is 68.0 cm³/mol. The molecule has 0 aliphatic heterocycles. The van der Waals surface area contributed by atoms with Gasteiger partial charge in [0.2, 0.25) is 5.91 Å². The average Bonchev–Trinajstić information content (AvgIpc) is 2.26. The fraction of sp³-hybridized carbons (Fsp3) is 0.0833. The SMILES string of the molecule is CC(=O)Nc1cc(C(=O)O)c2ccc(Cl)cc2n1. The van der Waals surface area contributed by atoms with Crippen molar-refractivity contribution in [1.82, 2.24) is 4.98 Å². The van der Waals surface area contributed by atoms with Crippen LogP contribution in [-0.2, 0) is 4.79 Å². The maximum absolute atomic E-state index is 11.2. The first-order valence-corrected chi connectivity index (χ1v) is 5.46. The highest BCUT2D eigenvalue weighted by Crippen LogP contribution is 2.24. The molecule has 0 radical (unpaired) electrons. The molecule has 1 amide bonds. The molecule has 5 nitrogen and oxygen atoms in total. The van der Waals surface area contributed by atoms with Crippen LogP contribution in [0.4, 0.5) is 5.82 Å².